The molecule has 3 nitrogen and oxygen atoms in total. The predicted molar refractivity (Wildman–Crippen MR) is 64.2 cm³/mol. The van der Waals surface area contributed by atoms with E-state index in [0.717, 1.165) is 11.3 Å². The number of nitrogens with zero attached hydrogens (tertiary/aromatic N) is 1. The summed E-state index contributed by atoms with van der Waals surface area (Å²) in [4.78, 5) is 14.8. The Labute approximate surface area is 113 Å². The van der Waals surface area contributed by atoms with Crippen molar-refractivity contribution in [1.29, 1.82) is 0 Å². The van der Waals surface area contributed by atoms with Crippen molar-refractivity contribution in [3.63, 3.8) is 0 Å². The second kappa shape index (κ2) is 4.93. The molecule has 1 aromatic carbocycles. The number of fused-ring (bicyclic) bond motifs is 1. The number of aromatic nitrogens is 1. The van der Waals surface area contributed by atoms with Gasteiger partial charge in [0.15, 0.2) is 5.13 Å². The van der Waals surface area contributed by atoms with Crippen molar-refractivity contribution in [1.82, 2.24) is 4.98 Å². The first-order chi connectivity index (χ1) is 8.80. The van der Waals surface area contributed by atoms with E-state index < -0.39 is 18.3 Å². The van der Waals surface area contributed by atoms with Crippen LogP contribution in [0.3, 0.4) is 0 Å². The Bertz CT molecular complexity index is 631. The van der Waals surface area contributed by atoms with E-state index in [0.29, 0.717) is 15.2 Å². The molecule has 1 amide bonds. The molecule has 0 unspecified atom stereocenters. The summed E-state index contributed by atoms with van der Waals surface area (Å²) in [6.07, 6.45) is -4.07. The predicted octanol–water partition coefficient (Wildman–Crippen LogP) is 3.79. The van der Waals surface area contributed by atoms with E-state index in [1.54, 1.807) is 5.32 Å². The molecule has 2 aromatic rings. The van der Waals surface area contributed by atoms with Gasteiger partial charge in [-0.3, -0.25) is 10.1 Å². The van der Waals surface area contributed by atoms with Gasteiger partial charge in [0.05, 0.1) is 10.2 Å². The van der Waals surface area contributed by atoms with Gasteiger partial charge in [-0.2, -0.15) is 8.78 Å². The average Bonchev–Trinajstić information content (AvgIpc) is 2.69. The van der Waals surface area contributed by atoms with Gasteiger partial charge in [-0.15, -0.1) is 0 Å². The van der Waals surface area contributed by atoms with Crippen LogP contribution in [-0.4, -0.2) is 23.2 Å². The van der Waals surface area contributed by atoms with Crippen LogP contribution < -0.4 is 5.32 Å². The minimum atomic E-state index is -4.75. The number of hydrogen-bond donors (Lipinski definition) is 1. The molecule has 9 heteroatoms. The Hall–Kier alpha value is -1.41. The fraction of sp³-hybridized carbons (Fsp3) is 0.200. The molecule has 0 saturated heterocycles. The van der Waals surface area contributed by atoms with Crippen molar-refractivity contribution in [3.8, 4) is 0 Å². The standard InChI is InChI=1S/C10H5ClF4N2OS/c11-4-1-2-5-6(3-4)19-9(16-5)17-8(18)10(14,15)7(12)13/h1-3,7H,(H,16,17,18). The molecule has 0 spiro atoms. The van der Waals surface area contributed by atoms with Crippen LogP contribution in [0.25, 0.3) is 10.2 Å². The van der Waals surface area contributed by atoms with Gasteiger partial charge in [0.25, 0.3) is 0 Å². The number of alkyl halides is 4. The summed E-state index contributed by atoms with van der Waals surface area (Å²) in [5.74, 6) is -6.84. The number of nitrogens with one attached hydrogen (secondary N) is 1. The number of benzene rings is 1. The number of carbonyl (C=O) groups excluding carboxylic acids is 1. The maximum Gasteiger partial charge on any atom is 0.383 e. The van der Waals surface area contributed by atoms with Crippen LogP contribution in [0.15, 0.2) is 18.2 Å². The first kappa shape index (κ1) is 14.0. The number of halogens is 5. The summed E-state index contributed by atoms with van der Waals surface area (Å²) >= 11 is 6.58. The Morgan fingerprint density at radius 2 is 2.11 bits per heavy atom. The zero-order valence-corrected chi connectivity index (χ0v) is 10.5. The summed E-state index contributed by atoms with van der Waals surface area (Å²) in [5, 5.41) is 1.88. The maximum atomic E-state index is 12.7. The molecule has 1 aromatic heterocycles. The largest absolute Gasteiger partial charge is 0.383 e. The molecular formula is C10H5ClF4N2OS. The third-order valence-corrected chi connectivity index (χ3v) is 3.32. The number of anilines is 1. The first-order valence-electron chi connectivity index (χ1n) is 4.84. The van der Waals surface area contributed by atoms with Crippen LogP contribution in [-0.2, 0) is 4.79 Å². The van der Waals surface area contributed by atoms with Gasteiger partial charge in [-0.1, -0.05) is 22.9 Å². The molecule has 0 aliphatic heterocycles. The number of hydrogen-bond acceptors (Lipinski definition) is 3. The van der Waals surface area contributed by atoms with E-state index in [9.17, 15) is 22.4 Å². The van der Waals surface area contributed by atoms with Gasteiger partial charge in [0.2, 0.25) is 0 Å². The van der Waals surface area contributed by atoms with E-state index in [1.807, 2.05) is 0 Å². The van der Waals surface area contributed by atoms with Crippen LogP contribution in [0.2, 0.25) is 5.02 Å². The van der Waals surface area contributed by atoms with Gasteiger partial charge in [0, 0.05) is 5.02 Å². The van der Waals surface area contributed by atoms with Crippen molar-refractivity contribution in [2.24, 2.45) is 0 Å². The fourth-order valence-electron chi connectivity index (χ4n) is 1.23. The third kappa shape index (κ3) is 2.79. The second-order valence-electron chi connectivity index (χ2n) is 3.51. The summed E-state index contributed by atoms with van der Waals surface area (Å²) in [7, 11) is 0. The summed E-state index contributed by atoms with van der Waals surface area (Å²) in [5.41, 5.74) is 0.421. The Morgan fingerprint density at radius 3 is 2.74 bits per heavy atom. The normalized spacial score (nSPS) is 12.1. The lowest BCUT2D eigenvalue weighted by Gasteiger charge is -2.13. The van der Waals surface area contributed by atoms with Gasteiger partial charge >= 0.3 is 18.3 Å². The molecule has 0 radical (unpaired) electrons. The maximum absolute atomic E-state index is 12.7. The highest BCUT2D eigenvalue weighted by molar-refractivity contribution is 7.22. The fourth-order valence-corrected chi connectivity index (χ4v) is 2.37. The molecule has 102 valence electrons. The van der Waals surface area contributed by atoms with Crippen molar-refractivity contribution >= 4 is 44.2 Å². The van der Waals surface area contributed by atoms with Crippen molar-refractivity contribution in [2.75, 3.05) is 5.32 Å². The van der Waals surface area contributed by atoms with Crippen LogP contribution in [0.4, 0.5) is 22.7 Å². The lowest BCUT2D eigenvalue weighted by atomic mass is 10.3. The van der Waals surface area contributed by atoms with E-state index in [-0.39, 0.29) is 5.13 Å². The smallest absolute Gasteiger partial charge is 0.296 e. The van der Waals surface area contributed by atoms with Crippen LogP contribution in [0.1, 0.15) is 0 Å². The van der Waals surface area contributed by atoms with E-state index in [2.05, 4.69) is 4.98 Å². The Morgan fingerprint density at radius 1 is 1.42 bits per heavy atom. The summed E-state index contributed by atoms with van der Waals surface area (Å²) in [6, 6.07) is 4.58. The second-order valence-corrected chi connectivity index (χ2v) is 4.98. The highest BCUT2D eigenvalue weighted by Gasteiger charge is 2.49. The van der Waals surface area contributed by atoms with Crippen LogP contribution >= 0.6 is 22.9 Å². The highest BCUT2D eigenvalue weighted by Crippen LogP contribution is 2.30. The van der Waals surface area contributed by atoms with Crippen molar-refractivity contribution in [3.05, 3.63) is 23.2 Å². The molecule has 19 heavy (non-hydrogen) atoms. The third-order valence-electron chi connectivity index (χ3n) is 2.15. The average molecular weight is 313 g/mol. The number of thiazole rings is 1. The summed E-state index contributed by atoms with van der Waals surface area (Å²) in [6.45, 7) is 0. The molecular weight excluding hydrogens is 308 g/mol. The Balaban J connectivity index is 2.24. The summed E-state index contributed by atoms with van der Waals surface area (Å²) < 4.78 is 50.0. The molecule has 0 saturated carbocycles. The van der Waals surface area contributed by atoms with E-state index in [4.69, 9.17) is 11.6 Å². The zero-order chi connectivity index (χ0) is 14.2. The van der Waals surface area contributed by atoms with E-state index in [1.165, 1.54) is 18.2 Å². The van der Waals surface area contributed by atoms with Crippen molar-refractivity contribution < 1.29 is 22.4 Å². The van der Waals surface area contributed by atoms with Gasteiger partial charge in [0.1, 0.15) is 0 Å². The number of rotatable bonds is 3. The minimum Gasteiger partial charge on any atom is -0.296 e. The molecule has 1 N–H and O–H groups in total. The molecule has 0 bridgehead atoms. The van der Waals surface area contributed by atoms with Gasteiger partial charge in [-0.05, 0) is 18.2 Å². The topological polar surface area (TPSA) is 42.0 Å². The number of carbonyl (C=O) groups is 1. The quantitative estimate of drug-likeness (QED) is 0.876. The molecule has 0 aliphatic carbocycles. The van der Waals surface area contributed by atoms with Gasteiger partial charge in [-0.25, -0.2) is 13.8 Å². The van der Waals surface area contributed by atoms with Crippen LogP contribution in [0, 0.1) is 0 Å². The van der Waals surface area contributed by atoms with Gasteiger partial charge < -0.3 is 0 Å². The SMILES string of the molecule is O=C(Nc1nc2ccc(Cl)cc2s1)C(F)(F)C(F)F. The van der Waals surface area contributed by atoms with Crippen LogP contribution in [0.5, 0.6) is 0 Å². The Kier molecular flexibility index (Phi) is 3.64. The molecule has 2 rings (SSSR count). The monoisotopic (exact) mass is 312 g/mol. The first-order valence-corrected chi connectivity index (χ1v) is 6.03. The minimum absolute atomic E-state index is 0.192. The zero-order valence-electron chi connectivity index (χ0n) is 8.96. The molecule has 0 aliphatic rings. The molecule has 0 atom stereocenters. The lowest BCUT2D eigenvalue weighted by molar-refractivity contribution is -0.163. The lowest BCUT2D eigenvalue weighted by Crippen LogP contribution is -2.40. The molecule has 0 fully saturated rings. The number of amides is 1. The van der Waals surface area contributed by atoms with E-state index >= 15 is 0 Å². The molecule has 1 heterocycles. The highest BCUT2D eigenvalue weighted by atomic mass is 35.5. The van der Waals surface area contributed by atoms with Crippen molar-refractivity contribution in [2.45, 2.75) is 12.3 Å².